The summed E-state index contributed by atoms with van der Waals surface area (Å²) in [6, 6.07) is 60.6. The second kappa shape index (κ2) is 14.1. The van der Waals surface area contributed by atoms with E-state index in [-0.39, 0.29) is 5.41 Å². The van der Waals surface area contributed by atoms with Crippen molar-refractivity contribution in [2.75, 3.05) is 4.90 Å². The molecule has 0 radical (unpaired) electrons. The van der Waals surface area contributed by atoms with E-state index in [1.807, 2.05) is 0 Å². The Balaban J connectivity index is 1.24. The van der Waals surface area contributed by atoms with E-state index >= 15 is 0 Å². The molecule has 252 valence electrons. The van der Waals surface area contributed by atoms with Crippen molar-refractivity contribution < 1.29 is 0 Å². The van der Waals surface area contributed by atoms with E-state index in [4.69, 9.17) is 0 Å². The molecule has 1 aliphatic rings. The molecule has 8 rings (SSSR count). The van der Waals surface area contributed by atoms with Gasteiger partial charge in [-0.05, 0) is 104 Å². The van der Waals surface area contributed by atoms with Gasteiger partial charge in [-0.3, -0.25) is 0 Å². The third-order valence-electron chi connectivity index (χ3n) is 10.9. The Morgan fingerprint density at radius 1 is 0.451 bits per heavy atom. The second-order valence-electron chi connectivity index (χ2n) is 15.2. The average Bonchev–Trinajstić information content (AvgIpc) is 3.19. The van der Waals surface area contributed by atoms with Crippen molar-refractivity contribution in [3.63, 3.8) is 0 Å². The molecule has 7 aromatic carbocycles. The Labute approximate surface area is 304 Å². The smallest absolute Gasteiger partial charge is 0.0540 e. The van der Waals surface area contributed by atoms with Gasteiger partial charge in [-0.1, -0.05) is 173 Å². The van der Waals surface area contributed by atoms with Gasteiger partial charge in [0.2, 0.25) is 0 Å². The Bertz CT molecular complexity index is 2230. The average molecular weight is 662 g/mol. The standard InChI is InChI=1S/C50H47N/c1-50(2,3)42-30-34-44(35-31-42)51(43-32-28-39(29-33-43)38-26-24-37(25-27-38)36-14-6-4-7-15-36)48-23-11-10-20-46(48)47-22-13-19-41-18-12-21-45(49(41)47)40-16-8-5-9-17-40/h4,6-7,10-15,18-35,40H,5,8-9,16-17H2,1-3H3. The van der Waals surface area contributed by atoms with E-state index < -0.39 is 0 Å². The largest absolute Gasteiger partial charge is 0.310 e. The molecule has 0 aliphatic heterocycles. The van der Waals surface area contributed by atoms with Gasteiger partial charge >= 0.3 is 0 Å². The topological polar surface area (TPSA) is 3.24 Å². The van der Waals surface area contributed by atoms with Crippen LogP contribution >= 0.6 is 0 Å². The summed E-state index contributed by atoms with van der Waals surface area (Å²) in [6.07, 6.45) is 6.57. The fourth-order valence-corrected chi connectivity index (χ4v) is 8.07. The van der Waals surface area contributed by atoms with Crippen molar-refractivity contribution in [1.82, 2.24) is 0 Å². The maximum atomic E-state index is 2.45. The third kappa shape index (κ3) is 6.74. The maximum Gasteiger partial charge on any atom is 0.0540 e. The first-order valence-electron chi connectivity index (χ1n) is 18.7. The molecule has 0 bridgehead atoms. The van der Waals surface area contributed by atoms with Crippen molar-refractivity contribution in [2.45, 2.75) is 64.2 Å². The molecule has 0 spiro atoms. The molecular weight excluding hydrogens is 615 g/mol. The van der Waals surface area contributed by atoms with Gasteiger partial charge < -0.3 is 4.90 Å². The molecule has 0 unspecified atom stereocenters. The van der Waals surface area contributed by atoms with Gasteiger partial charge in [0.05, 0.1) is 5.69 Å². The van der Waals surface area contributed by atoms with Crippen LogP contribution < -0.4 is 4.90 Å². The van der Waals surface area contributed by atoms with Crippen molar-refractivity contribution >= 4 is 27.8 Å². The van der Waals surface area contributed by atoms with Crippen LogP contribution in [0.2, 0.25) is 0 Å². The Morgan fingerprint density at radius 2 is 0.961 bits per heavy atom. The van der Waals surface area contributed by atoms with Gasteiger partial charge in [-0.15, -0.1) is 0 Å². The SMILES string of the molecule is CC(C)(C)c1ccc(N(c2ccc(-c3ccc(-c4ccccc4)cc3)cc2)c2ccccc2-c2cccc3cccc(C4CCCCC4)c23)cc1. The molecule has 1 aliphatic carbocycles. The lowest BCUT2D eigenvalue weighted by molar-refractivity contribution is 0.445. The van der Waals surface area contributed by atoms with E-state index in [1.165, 1.54) is 93.1 Å². The first-order valence-corrected chi connectivity index (χ1v) is 18.7. The van der Waals surface area contributed by atoms with Crippen molar-refractivity contribution in [2.24, 2.45) is 0 Å². The predicted molar refractivity (Wildman–Crippen MR) is 219 cm³/mol. The lowest BCUT2D eigenvalue weighted by atomic mass is 9.80. The fraction of sp³-hybridized carbons (Fsp3) is 0.200. The van der Waals surface area contributed by atoms with E-state index in [1.54, 1.807) is 0 Å². The summed E-state index contributed by atoms with van der Waals surface area (Å²) in [5, 5.41) is 2.74. The van der Waals surface area contributed by atoms with Crippen LogP contribution in [0.1, 0.15) is 69.9 Å². The molecular formula is C50H47N. The zero-order chi connectivity index (χ0) is 34.8. The highest BCUT2D eigenvalue weighted by Gasteiger charge is 2.23. The quantitative estimate of drug-likeness (QED) is 0.164. The summed E-state index contributed by atoms with van der Waals surface area (Å²) in [4.78, 5) is 2.45. The van der Waals surface area contributed by atoms with Crippen LogP contribution in [-0.4, -0.2) is 0 Å². The van der Waals surface area contributed by atoms with E-state index in [0.29, 0.717) is 5.92 Å². The van der Waals surface area contributed by atoms with E-state index in [2.05, 4.69) is 189 Å². The first-order chi connectivity index (χ1) is 24.9. The first kappa shape index (κ1) is 32.8. The number of para-hydroxylation sites is 1. The molecule has 0 aromatic heterocycles. The molecule has 1 saturated carbocycles. The van der Waals surface area contributed by atoms with Gasteiger partial charge in [0, 0.05) is 16.9 Å². The summed E-state index contributed by atoms with van der Waals surface area (Å²) < 4.78 is 0. The lowest BCUT2D eigenvalue weighted by Crippen LogP contribution is -2.14. The highest BCUT2D eigenvalue weighted by Crippen LogP contribution is 2.46. The fourth-order valence-electron chi connectivity index (χ4n) is 8.07. The molecule has 0 atom stereocenters. The summed E-state index contributed by atoms with van der Waals surface area (Å²) >= 11 is 0. The third-order valence-corrected chi connectivity index (χ3v) is 10.9. The second-order valence-corrected chi connectivity index (χ2v) is 15.2. The van der Waals surface area contributed by atoms with Gasteiger partial charge in [0.1, 0.15) is 0 Å². The molecule has 0 N–H and O–H groups in total. The van der Waals surface area contributed by atoms with Gasteiger partial charge in [0.25, 0.3) is 0 Å². The molecule has 1 heteroatoms. The van der Waals surface area contributed by atoms with Crippen molar-refractivity contribution in [1.29, 1.82) is 0 Å². The number of nitrogens with zero attached hydrogens (tertiary/aromatic N) is 1. The Hall–Kier alpha value is -5.40. The van der Waals surface area contributed by atoms with E-state index in [9.17, 15) is 0 Å². The predicted octanol–water partition coefficient (Wildman–Crippen LogP) is 14.7. The van der Waals surface area contributed by atoms with Gasteiger partial charge in [-0.25, -0.2) is 0 Å². The number of anilines is 3. The summed E-state index contributed by atoms with van der Waals surface area (Å²) in [5.74, 6) is 0.617. The van der Waals surface area contributed by atoms with Crippen molar-refractivity contribution in [3.8, 4) is 33.4 Å². The van der Waals surface area contributed by atoms with Crippen LogP contribution in [0, 0.1) is 0 Å². The van der Waals surface area contributed by atoms with Crippen molar-refractivity contribution in [3.05, 3.63) is 175 Å². The lowest BCUT2D eigenvalue weighted by Gasteiger charge is -2.30. The number of fused-ring (bicyclic) bond motifs is 1. The van der Waals surface area contributed by atoms with Crippen LogP contribution in [0.25, 0.3) is 44.2 Å². The van der Waals surface area contributed by atoms with Gasteiger partial charge in [0.15, 0.2) is 0 Å². The highest BCUT2D eigenvalue weighted by atomic mass is 15.1. The minimum atomic E-state index is 0.0808. The highest BCUT2D eigenvalue weighted by molar-refractivity contribution is 6.03. The molecule has 0 saturated heterocycles. The summed E-state index contributed by atoms with van der Waals surface area (Å²) in [6.45, 7) is 6.85. The Morgan fingerprint density at radius 3 is 1.59 bits per heavy atom. The van der Waals surface area contributed by atoms with Gasteiger partial charge in [-0.2, -0.15) is 0 Å². The minimum Gasteiger partial charge on any atom is -0.310 e. The van der Waals surface area contributed by atoms with E-state index in [0.717, 1.165) is 11.4 Å². The van der Waals surface area contributed by atoms with Crippen LogP contribution in [-0.2, 0) is 5.41 Å². The van der Waals surface area contributed by atoms with Crippen LogP contribution in [0.4, 0.5) is 17.1 Å². The number of hydrogen-bond acceptors (Lipinski definition) is 1. The zero-order valence-electron chi connectivity index (χ0n) is 30.1. The normalized spacial score (nSPS) is 13.7. The molecule has 0 heterocycles. The molecule has 7 aromatic rings. The van der Waals surface area contributed by atoms with Crippen LogP contribution in [0.5, 0.6) is 0 Å². The summed E-state index contributed by atoms with van der Waals surface area (Å²) in [5.41, 5.74) is 13.9. The zero-order valence-corrected chi connectivity index (χ0v) is 30.1. The molecule has 1 fully saturated rings. The summed E-state index contributed by atoms with van der Waals surface area (Å²) in [7, 11) is 0. The molecule has 1 nitrogen and oxygen atoms in total. The monoisotopic (exact) mass is 661 g/mol. The molecule has 0 amide bonds. The number of rotatable bonds is 7. The minimum absolute atomic E-state index is 0.0808. The van der Waals surface area contributed by atoms with Crippen LogP contribution in [0.3, 0.4) is 0 Å². The van der Waals surface area contributed by atoms with Crippen LogP contribution in [0.15, 0.2) is 164 Å². The Kier molecular flexibility index (Phi) is 9.05. The number of hydrogen-bond donors (Lipinski definition) is 0. The number of benzene rings is 7. The maximum absolute atomic E-state index is 2.45. The molecule has 51 heavy (non-hydrogen) atoms.